The van der Waals surface area contributed by atoms with Crippen LogP contribution in [0.25, 0.3) is 0 Å². The van der Waals surface area contributed by atoms with Gasteiger partial charge >= 0.3 is 5.97 Å². The van der Waals surface area contributed by atoms with Crippen LogP contribution >= 0.6 is 0 Å². The molecule has 98 valence electrons. The van der Waals surface area contributed by atoms with E-state index in [-0.39, 0.29) is 5.69 Å². The molecule has 4 heteroatoms. The molecule has 0 atom stereocenters. The van der Waals surface area contributed by atoms with Crippen LogP contribution in [0, 0.1) is 0 Å². The van der Waals surface area contributed by atoms with Crippen molar-refractivity contribution in [3.63, 3.8) is 0 Å². The lowest BCUT2D eigenvalue weighted by molar-refractivity contribution is 0.0684. The molecule has 0 aliphatic rings. The second-order valence-electron chi connectivity index (χ2n) is 4.59. The number of benzene rings is 1. The molecular weight excluding hydrogens is 240 g/mol. The molecule has 0 unspecified atom stereocenters. The van der Waals surface area contributed by atoms with Gasteiger partial charge in [0.25, 0.3) is 0 Å². The summed E-state index contributed by atoms with van der Waals surface area (Å²) in [5.74, 6) is -0.954. The Balaban J connectivity index is 2.33. The number of imidazole rings is 1. The minimum atomic E-state index is -0.954. The first-order valence-electron chi connectivity index (χ1n) is 6.03. The quantitative estimate of drug-likeness (QED) is 0.837. The van der Waals surface area contributed by atoms with Crippen LogP contribution in [-0.2, 0) is 13.0 Å². The fourth-order valence-corrected chi connectivity index (χ4v) is 1.99. The maximum Gasteiger partial charge on any atom is 0.354 e. The SMILES string of the molecule is C=C(C)Cc1ncn(Cc2ccccc2)c1C(=O)O. The van der Waals surface area contributed by atoms with Gasteiger partial charge in [-0.25, -0.2) is 9.78 Å². The Labute approximate surface area is 112 Å². The number of aromatic carboxylic acids is 1. The summed E-state index contributed by atoms with van der Waals surface area (Å²) >= 11 is 0. The summed E-state index contributed by atoms with van der Waals surface area (Å²) in [5.41, 5.74) is 2.75. The van der Waals surface area contributed by atoms with Gasteiger partial charge in [0.1, 0.15) is 0 Å². The average Bonchev–Trinajstić information content (AvgIpc) is 2.72. The Kier molecular flexibility index (Phi) is 3.80. The van der Waals surface area contributed by atoms with Gasteiger partial charge in [-0.15, -0.1) is 0 Å². The van der Waals surface area contributed by atoms with E-state index in [0.29, 0.717) is 18.7 Å². The topological polar surface area (TPSA) is 55.1 Å². The molecule has 4 nitrogen and oxygen atoms in total. The zero-order valence-corrected chi connectivity index (χ0v) is 10.8. The predicted octanol–water partition coefficient (Wildman–Crippen LogP) is 2.75. The monoisotopic (exact) mass is 256 g/mol. The second kappa shape index (κ2) is 5.52. The predicted molar refractivity (Wildman–Crippen MR) is 73.2 cm³/mol. The minimum Gasteiger partial charge on any atom is -0.477 e. The summed E-state index contributed by atoms with van der Waals surface area (Å²) < 4.78 is 1.66. The molecule has 0 spiro atoms. The highest BCUT2D eigenvalue weighted by Crippen LogP contribution is 2.14. The van der Waals surface area contributed by atoms with Crippen LogP contribution < -0.4 is 0 Å². The fourth-order valence-electron chi connectivity index (χ4n) is 1.99. The van der Waals surface area contributed by atoms with Gasteiger partial charge in [0, 0.05) is 13.0 Å². The number of rotatable bonds is 5. The van der Waals surface area contributed by atoms with Gasteiger partial charge in [0.05, 0.1) is 12.0 Å². The molecule has 1 N–H and O–H groups in total. The molecule has 1 heterocycles. The summed E-state index contributed by atoms with van der Waals surface area (Å²) in [7, 11) is 0. The maximum atomic E-state index is 11.4. The van der Waals surface area contributed by atoms with Crippen molar-refractivity contribution in [1.29, 1.82) is 0 Å². The smallest absolute Gasteiger partial charge is 0.354 e. The Morgan fingerprint density at radius 1 is 1.37 bits per heavy atom. The van der Waals surface area contributed by atoms with Crippen molar-refractivity contribution in [3.8, 4) is 0 Å². The normalized spacial score (nSPS) is 10.4. The van der Waals surface area contributed by atoms with E-state index in [4.69, 9.17) is 0 Å². The highest BCUT2D eigenvalue weighted by Gasteiger charge is 2.17. The molecule has 1 aromatic carbocycles. The van der Waals surface area contributed by atoms with Crippen molar-refractivity contribution in [2.45, 2.75) is 19.9 Å². The molecule has 0 fully saturated rings. The zero-order valence-electron chi connectivity index (χ0n) is 10.8. The van der Waals surface area contributed by atoms with E-state index in [0.717, 1.165) is 11.1 Å². The number of carboxylic acids is 1. The van der Waals surface area contributed by atoms with Crippen LogP contribution in [0.5, 0.6) is 0 Å². The van der Waals surface area contributed by atoms with Gasteiger partial charge in [-0.3, -0.25) is 0 Å². The van der Waals surface area contributed by atoms with Gasteiger partial charge in [0.15, 0.2) is 5.69 Å². The van der Waals surface area contributed by atoms with Crippen LogP contribution in [0.2, 0.25) is 0 Å². The van der Waals surface area contributed by atoms with E-state index in [1.807, 2.05) is 37.3 Å². The summed E-state index contributed by atoms with van der Waals surface area (Å²) in [6.45, 7) is 6.17. The molecule has 19 heavy (non-hydrogen) atoms. The molecule has 0 aliphatic carbocycles. The van der Waals surface area contributed by atoms with E-state index in [1.165, 1.54) is 0 Å². The Hall–Kier alpha value is -2.36. The highest BCUT2D eigenvalue weighted by atomic mass is 16.4. The summed E-state index contributed by atoms with van der Waals surface area (Å²) in [5, 5.41) is 9.34. The number of nitrogens with zero attached hydrogens (tertiary/aromatic N) is 2. The molecular formula is C15H16N2O2. The van der Waals surface area contributed by atoms with Crippen molar-refractivity contribution in [2.75, 3.05) is 0 Å². The van der Waals surface area contributed by atoms with Crippen molar-refractivity contribution in [3.05, 3.63) is 65.8 Å². The largest absolute Gasteiger partial charge is 0.477 e. The number of aromatic nitrogens is 2. The number of carbonyl (C=O) groups is 1. The Bertz CT molecular complexity index is 600. The molecule has 1 aromatic heterocycles. The van der Waals surface area contributed by atoms with Gasteiger partial charge in [-0.2, -0.15) is 0 Å². The molecule has 0 radical (unpaired) electrons. The molecule has 2 rings (SSSR count). The first-order chi connectivity index (χ1) is 9.08. The van der Waals surface area contributed by atoms with Crippen LogP contribution in [0.3, 0.4) is 0 Å². The standard InChI is InChI=1S/C15H16N2O2/c1-11(2)8-13-14(15(18)19)17(10-16-13)9-12-6-4-3-5-7-12/h3-7,10H,1,8-9H2,2H3,(H,18,19). The summed E-state index contributed by atoms with van der Waals surface area (Å²) in [4.78, 5) is 15.6. The third kappa shape index (κ3) is 3.10. The van der Waals surface area contributed by atoms with Crippen LogP contribution in [0.1, 0.15) is 28.7 Å². The van der Waals surface area contributed by atoms with Gasteiger partial charge < -0.3 is 9.67 Å². The van der Waals surface area contributed by atoms with Gasteiger partial charge in [-0.1, -0.05) is 42.5 Å². The second-order valence-corrected chi connectivity index (χ2v) is 4.59. The molecule has 2 aromatic rings. The summed E-state index contributed by atoms with van der Waals surface area (Å²) in [6.07, 6.45) is 2.07. The third-order valence-corrected chi connectivity index (χ3v) is 2.78. The highest BCUT2D eigenvalue weighted by molar-refractivity contribution is 5.87. The van der Waals surface area contributed by atoms with E-state index in [1.54, 1.807) is 10.9 Å². The molecule has 0 aliphatic heterocycles. The van der Waals surface area contributed by atoms with Crippen LogP contribution in [0.15, 0.2) is 48.8 Å². The van der Waals surface area contributed by atoms with Crippen molar-refractivity contribution in [2.24, 2.45) is 0 Å². The number of carboxylic acid groups (broad SMARTS) is 1. The number of hydrogen-bond acceptors (Lipinski definition) is 2. The van der Waals surface area contributed by atoms with Gasteiger partial charge in [0.2, 0.25) is 0 Å². The molecule has 0 saturated heterocycles. The average molecular weight is 256 g/mol. The minimum absolute atomic E-state index is 0.242. The van der Waals surface area contributed by atoms with E-state index in [9.17, 15) is 9.90 Å². The Morgan fingerprint density at radius 2 is 2.05 bits per heavy atom. The lowest BCUT2D eigenvalue weighted by Crippen LogP contribution is -2.11. The number of hydrogen-bond donors (Lipinski definition) is 1. The zero-order chi connectivity index (χ0) is 13.8. The first-order valence-corrected chi connectivity index (χ1v) is 6.03. The van der Waals surface area contributed by atoms with Crippen molar-refractivity contribution >= 4 is 5.97 Å². The lowest BCUT2D eigenvalue weighted by atomic mass is 10.1. The first kappa shape index (κ1) is 13.1. The number of allylic oxidation sites excluding steroid dienone is 1. The van der Waals surface area contributed by atoms with Crippen molar-refractivity contribution < 1.29 is 9.90 Å². The Morgan fingerprint density at radius 3 is 2.63 bits per heavy atom. The third-order valence-electron chi connectivity index (χ3n) is 2.78. The molecule has 0 amide bonds. The van der Waals surface area contributed by atoms with E-state index >= 15 is 0 Å². The van der Waals surface area contributed by atoms with E-state index in [2.05, 4.69) is 11.6 Å². The maximum absolute atomic E-state index is 11.4. The summed E-state index contributed by atoms with van der Waals surface area (Å²) in [6, 6.07) is 9.72. The molecule has 0 bridgehead atoms. The molecule has 0 saturated carbocycles. The van der Waals surface area contributed by atoms with Gasteiger partial charge in [-0.05, 0) is 12.5 Å². The van der Waals surface area contributed by atoms with E-state index < -0.39 is 5.97 Å². The lowest BCUT2D eigenvalue weighted by Gasteiger charge is -2.06. The van der Waals surface area contributed by atoms with Crippen molar-refractivity contribution in [1.82, 2.24) is 9.55 Å². The van der Waals surface area contributed by atoms with Crippen LogP contribution in [0.4, 0.5) is 0 Å². The van der Waals surface area contributed by atoms with Crippen LogP contribution in [-0.4, -0.2) is 20.6 Å². The fraction of sp³-hybridized carbons (Fsp3) is 0.200.